The van der Waals surface area contributed by atoms with Gasteiger partial charge in [-0.25, -0.2) is 0 Å². The second-order valence-electron chi connectivity index (χ2n) is 6.10. The number of benzene rings is 1. The molecule has 0 N–H and O–H groups in total. The molecule has 0 radical (unpaired) electrons. The number of para-hydroxylation sites is 1. The first-order valence-corrected chi connectivity index (χ1v) is 9.35. The molecule has 0 saturated carbocycles. The van der Waals surface area contributed by atoms with Crippen LogP contribution >= 0.6 is 0 Å². The number of rotatable bonds is 8. The Labute approximate surface area is 163 Å². The highest BCUT2D eigenvalue weighted by molar-refractivity contribution is 5.89. The molecule has 0 fully saturated rings. The molecule has 0 spiro atoms. The Hall–Kier alpha value is -3.06. The van der Waals surface area contributed by atoms with Crippen molar-refractivity contribution in [3.05, 3.63) is 114 Å². The van der Waals surface area contributed by atoms with Crippen LogP contribution in [0.1, 0.15) is 30.7 Å². The summed E-state index contributed by atoms with van der Waals surface area (Å²) in [5.41, 5.74) is 4.48. The number of hydrogen-bond acceptors (Lipinski definition) is 1. The maximum Gasteiger partial charge on any atom is 0.141 e. The van der Waals surface area contributed by atoms with Crippen molar-refractivity contribution in [3.8, 4) is 0 Å². The molecule has 0 aliphatic carbocycles. The summed E-state index contributed by atoms with van der Waals surface area (Å²) in [6, 6.07) is 6.29. The molecule has 27 heavy (non-hydrogen) atoms. The minimum atomic E-state index is 0.916. The Balaban J connectivity index is 2.05. The van der Waals surface area contributed by atoms with Crippen LogP contribution in [-0.4, -0.2) is 0 Å². The first-order valence-electron chi connectivity index (χ1n) is 9.35. The van der Waals surface area contributed by atoms with Crippen LogP contribution in [0.2, 0.25) is 0 Å². The maximum atomic E-state index is 6.04. The minimum absolute atomic E-state index is 0.916. The Bertz CT molecular complexity index is 940. The fraction of sp³-hybridized carbons (Fsp3) is 0.154. The van der Waals surface area contributed by atoms with Gasteiger partial charge in [-0.05, 0) is 25.0 Å². The van der Waals surface area contributed by atoms with Crippen molar-refractivity contribution in [2.75, 3.05) is 0 Å². The Kier molecular flexibility index (Phi) is 8.12. The van der Waals surface area contributed by atoms with E-state index in [1.54, 1.807) is 6.08 Å². The highest BCUT2D eigenvalue weighted by Gasteiger charge is 2.10. The first-order chi connectivity index (χ1) is 13.2. The summed E-state index contributed by atoms with van der Waals surface area (Å²) in [6.45, 7) is 9.93. The molecule has 0 aliphatic rings. The predicted octanol–water partition coefficient (Wildman–Crippen LogP) is 7.67. The molecular weight excluding hydrogens is 328 g/mol. The van der Waals surface area contributed by atoms with Crippen LogP contribution in [0.4, 0.5) is 0 Å². The smallest absolute Gasteiger partial charge is 0.141 e. The summed E-state index contributed by atoms with van der Waals surface area (Å²) in [6.07, 6.45) is 25.0. The summed E-state index contributed by atoms with van der Waals surface area (Å²) in [5, 5.41) is 1.20. The van der Waals surface area contributed by atoms with Gasteiger partial charge in [-0.2, -0.15) is 0 Å². The lowest BCUT2D eigenvalue weighted by Crippen LogP contribution is -1.77. The van der Waals surface area contributed by atoms with E-state index in [1.165, 1.54) is 10.9 Å². The first kappa shape index (κ1) is 20.3. The van der Waals surface area contributed by atoms with Crippen molar-refractivity contribution in [3.63, 3.8) is 0 Å². The van der Waals surface area contributed by atoms with Crippen molar-refractivity contribution < 1.29 is 4.42 Å². The molecule has 2 aromatic rings. The minimum Gasteiger partial charge on any atom is -0.460 e. The van der Waals surface area contributed by atoms with Gasteiger partial charge in [0.05, 0.1) is 0 Å². The number of hydrogen-bond donors (Lipinski definition) is 0. The SMILES string of the molecule is C=C/C=C/C=C/C(/C=C\C=C\C=C\c1cccc2c(C)c(CC)oc12)=C/C. The molecule has 1 heterocycles. The predicted molar refractivity (Wildman–Crippen MR) is 120 cm³/mol. The van der Waals surface area contributed by atoms with Gasteiger partial charge in [-0.3, -0.25) is 0 Å². The van der Waals surface area contributed by atoms with Crippen molar-refractivity contribution in [1.82, 2.24) is 0 Å². The van der Waals surface area contributed by atoms with E-state index in [0.717, 1.165) is 28.9 Å². The van der Waals surface area contributed by atoms with Crippen LogP contribution in [0, 0.1) is 6.92 Å². The fourth-order valence-corrected chi connectivity index (χ4v) is 2.79. The third-order valence-electron chi connectivity index (χ3n) is 4.29. The third-order valence-corrected chi connectivity index (χ3v) is 4.29. The highest BCUT2D eigenvalue weighted by Crippen LogP contribution is 2.28. The van der Waals surface area contributed by atoms with E-state index in [1.807, 2.05) is 49.5 Å². The molecule has 0 saturated heterocycles. The molecule has 1 nitrogen and oxygen atoms in total. The van der Waals surface area contributed by atoms with E-state index in [-0.39, 0.29) is 0 Å². The van der Waals surface area contributed by atoms with Gasteiger partial charge in [0.15, 0.2) is 0 Å². The van der Waals surface area contributed by atoms with Crippen LogP contribution in [-0.2, 0) is 6.42 Å². The van der Waals surface area contributed by atoms with Crippen LogP contribution in [0.15, 0.2) is 102 Å². The topological polar surface area (TPSA) is 13.1 Å². The van der Waals surface area contributed by atoms with Crippen molar-refractivity contribution in [2.45, 2.75) is 27.2 Å². The van der Waals surface area contributed by atoms with Gasteiger partial charge >= 0.3 is 0 Å². The van der Waals surface area contributed by atoms with E-state index < -0.39 is 0 Å². The second-order valence-corrected chi connectivity index (χ2v) is 6.10. The summed E-state index contributed by atoms with van der Waals surface area (Å²) in [5.74, 6) is 1.07. The zero-order valence-corrected chi connectivity index (χ0v) is 16.5. The molecule has 0 unspecified atom stereocenters. The van der Waals surface area contributed by atoms with Crippen molar-refractivity contribution in [2.24, 2.45) is 0 Å². The lowest BCUT2D eigenvalue weighted by atomic mass is 10.1. The second kappa shape index (κ2) is 10.8. The van der Waals surface area contributed by atoms with E-state index >= 15 is 0 Å². The molecule has 138 valence electrons. The maximum absolute atomic E-state index is 6.04. The Morgan fingerprint density at radius 2 is 1.70 bits per heavy atom. The van der Waals surface area contributed by atoms with Crippen LogP contribution in [0.3, 0.4) is 0 Å². The van der Waals surface area contributed by atoms with Gasteiger partial charge in [0.1, 0.15) is 11.3 Å². The zero-order valence-electron chi connectivity index (χ0n) is 16.5. The van der Waals surface area contributed by atoms with Gasteiger partial charge in [0.2, 0.25) is 0 Å². The van der Waals surface area contributed by atoms with Crippen LogP contribution in [0.5, 0.6) is 0 Å². The average Bonchev–Trinajstić information content (AvgIpc) is 3.03. The van der Waals surface area contributed by atoms with Gasteiger partial charge in [-0.15, -0.1) is 0 Å². The number of furan rings is 1. The molecule has 0 bridgehead atoms. The largest absolute Gasteiger partial charge is 0.460 e. The average molecular weight is 357 g/mol. The van der Waals surface area contributed by atoms with E-state index in [9.17, 15) is 0 Å². The molecule has 0 amide bonds. The zero-order chi connectivity index (χ0) is 19.5. The fourth-order valence-electron chi connectivity index (χ4n) is 2.79. The van der Waals surface area contributed by atoms with Gasteiger partial charge < -0.3 is 4.42 Å². The lowest BCUT2D eigenvalue weighted by molar-refractivity contribution is 0.552. The van der Waals surface area contributed by atoms with E-state index in [4.69, 9.17) is 4.42 Å². The normalized spacial score (nSPS) is 13.5. The van der Waals surface area contributed by atoms with Crippen molar-refractivity contribution >= 4 is 17.0 Å². The third kappa shape index (κ3) is 5.72. The summed E-state index contributed by atoms with van der Waals surface area (Å²) in [7, 11) is 0. The summed E-state index contributed by atoms with van der Waals surface area (Å²) >= 11 is 0. The number of fused-ring (bicyclic) bond motifs is 1. The molecule has 0 aliphatic heterocycles. The quantitative estimate of drug-likeness (QED) is 0.442. The Morgan fingerprint density at radius 3 is 2.37 bits per heavy atom. The van der Waals surface area contributed by atoms with Gasteiger partial charge in [0.25, 0.3) is 0 Å². The lowest BCUT2D eigenvalue weighted by Gasteiger charge is -1.94. The summed E-state index contributed by atoms with van der Waals surface area (Å²) < 4.78 is 6.04. The van der Waals surface area contributed by atoms with E-state index in [2.05, 4.69) is 62.9 Å². The molecule has 1 aromatic carbocycles. The molecule has 2 rings (SSSR count). The van der Waals surface area contributed by atoms with Crippen molar-refractivity contribution in [1.29, 1.82) is 0 Å². The molecule has 1 heteroatoms. The van der Waals surface area contributed by atoms with E-state index in [0.29, 0.717) is 0 Å². The number of aryl methyl sites for hydroxylation is 2. The van der Waals surface area contributed by atoms with Gasteiger partial charge in [0, 0.05) is 17.4 Å². The number of allylic oxidation sites excluding steroid dienone is 12. The Morgan fingerprint density at radius 1 is 1.00 bits per heavy atom. The van der Waals surface area contributed by atoms with Crippen LogP contribution in [0.25, 0.3) is 17.0 Å². The highest BCUT2D eigenvalue weighted by atomic mass is 16.3. The molecule has 1 aromatic heterocycles. The molecular formula is C26H28O. The standard InChI is InChI=1S/C26H28O/c1-5-8-9-12-16-22(6-2)17-13-10-11-14-18-23-19-15-20-24-21(4)25(7-3)27-26(23)24/h5-6,8-20H,1,7H2,2-4H3/b9-8+,11-10+,16-12+,17-13-,18-14+,22-6-. The monoisotopic (exact) mass is 356 g/mol. The van der Waals surface area contributed by atoms with Crippen LogP contribution < -0.4 is 0 Å². The van der Waals surface area contributed by atoms with Gasteiger partial charge in [-0.1, -0.05) is 105 Å². The summed E-state index contributed by atoms with van der Waals surface area (Å²) in [4.78, 5) is 0. The molecule has 0 atom stereocenters.